The van der Waals surface area contributed by atoms with Gasteiger partial charge in [-0.15, -0.1) is 11.3 Å². The molecule has 3 aromatic carbocycles. The predicted octanol–water partition coefficient (Wildman–Crippen LogP) is 7.60. The number of thiazole rings is 1. The minimum Gasteiger partial charge on any atom is -0.366 e. The van der Waals surface area contributed by atoms with Crippen LogP contribution in [0, 0.1) is 12.7 Å². The maximum Gasteiger partial charge on any atom is 0.126 e. The summed E-state index contributed by atoms with van der Waals surface area (Å²) in [5.74, 6) is 0.556. The molecule has 0 radical (unpaired) electrons. The number of halogens is 1. The van der Waals surface area contributed by atoms with Gasteiger partial charge >= 0.3 is 0 Å². The van der Waals surface area contributed by atoms with Gasteiger partial charge < -0.3 is 5.32 Å². The first kappa shape index (κ1) is 21.0. The van der Waals surface area contributed by atoms with Gasteiger partial charge in [0.1, 0.15) is 16.6 Å². The Labute approximate surface area is 196 Å². The molecule has 33 heavy (non-hydrogen) atoms. The van der Waals surface area contributed by atoms with E-state index in [1.54, 1.807) is 23.5 Å². The number of hydrogen-bond donors (Lipinski definition) is 1. The summed E-state index contributed by atoms with van der Waals surface area (Å²) in [6.45, 7) is 2.78. The van der Waals surface area contributed by atoms with Gasteiger partial charge in [-0.05, 0) is 60.5 Å². The van der Waals surface area contributed by atoms with Gasteiger partial charge in [-0.1, -0.05) is 54.1 Å². The Morgan fingerprint density at radius 3 is 2.42 bits per heavy atom. The standard InChI is InChI=1S/C28H22FN3S/c1-19-6-5-9-22(16-19)26-27(33-28(32-26)21-10-12-24(29)13-11-21)23-14-15-30-25(17-23)31-18-20-7-3-2-4-8-20/h2-17H,18H2,1H3,(H,30,31). The van der Waals surface area contributed by atoms with Crippen molar-refractivity contribution in [2.75, 3.05) is 5.32 Å². The van der Waals surface area contributed by atoms with E-state index >= 15 is 0 Å². The SMILES string of the molecule is Cc1cccc(-c2nc(-c3ccc(F)cc3)sc2-c2ccnc(NCc3ccccc3)c2)c1. The molecule has 1 N–H and O–H groups in total. The molecule has 0 aliphatic heterocycles. The Balaban J connectivity index is 1.54. The molecular formula is C28H22FN3S. The van der Waals surface area contributed by atoms with E-state index in [9.17, 15) is 4.39 Å². The molecular weight excluding hydrogens is 429 g/mol. The fourth-order valence-electron chi connectivity index (χ4n) is 3.68. The smallest absolute Gasteiger partial charge is 0.126 e. The Morgan fingerprint density at radius 2 is 1.64 bits per heavy atom. The van der Waals surface area contributed by atoms with Crippen molar-refractivity contribution in [3.63, 3.8) is 0 Å². The number of rotatable bonds is 6. The zero-order valence-corrected chi connectivity index (χ0v) is 18.9. The van der Waals surface area contributed by atoms with E-state index in [0.717, 1.165) is 38.1 Å². The van der Waals surface area contributed by atoms with E-state index in [2.05, 4.69) is 53.6 Å². The van der Waals surface area contributed by atoms with E-state index in [0.29, 0.717) is 6.54 Å². The third-order valence-electron chi connectivity index (χ3n) is 5.35. The van der Waals surface area contributed by atoms with Crippen LogP contribution in [0.15, 0.2) is 97.2 Å². The van der Waals surface area contributed by atoms with Crippen LogP contribution in [0.2, 0.25) is 0 Å². The summed E-state index contributed by atoms with van der Waals surface area (Å²) >= 11 is 1.61. The monoisotopic (exact) mass is 451 g/mol. The summed E-state index contributed by atoms with van der Waals surface area (Å²) in [5, 5.41) is 4.27. The van der Waals surface area contributed by atoms with E-state index < -0.39 is 0 Å². The maximum absolute atomic E-state index is 13.5. The summed E-state index contributed by atoms with van der Waals surface area (Å²) in [5.41, 5.74) is 6.30. The van der Waals surface area contributed by atoms with Crippen LogP contribution in [-0.4, -0.2) is 9.97 Å². The summed E-state index contributed by atoms with van der Waals surface area (Å²) in [6, 6.07) is 29.2. The number of hydrogen-bond acceptors (Lipinski definition) is 4. The number of pyridine rings is 1. The highest BCUT2D eigenvalue weighted by Gasteiger charge is 2.17. The lowest BCUT2D eigenvalue weighted by atomic mass is 10.1. The van der Waals surface area contributed by atoms with Crippen LogP contribution in [0.25, 0.3) is 32.3 Å². The maximum atomic E-state index is 13.5. The lowest BCUT2D eigenvalue weighted by Crippen LogP contribution is -2.01. The molecule has 0 atom stereocenters. The summed E-state index contributed by atoms with van der Waals surface area (Å²) in [7, 11) is 0. The molecule has 0 bridgehead atoms. The second kappa shape index (κ2) is 9.35. The van der Waals surface area contributed by atoms with Crippen LogP contribution in [0.3, 0.4) is 0 Å². The molecule has 2 heterocycles. The van der Waals surface area contributed by atoms with Gasteiger partial charge in [0.15, 0.2) is 0 Å². The zero-order chi connectivity index (χ0) is 22.6. The topological polar surface area (TPSA) is 37.8 Å². The minimum atomic E-state index is -0.252. The van der Waals surface area contributed by atoms with Crippen molar-refractivity contribution in [2.24, 2.45) is 0 Å². The van der Waals surface area contributed by atoms with Gasteiger partial charge in [0.2, 0.25) is 0 Å². The highest BCUT2D eigenvalue weighted by Crippen LogP contribution is 2.41. The molecule has 0 unspecified atom stereocenters. The number of aryl methyl sites for hydroxylation is 1. The molecule has 5 rings (SSSR count). The zero-order valence-electron chi connectivity index (χ0n) is 18.1. The number of anilines is 1. The van der Waals surface area contributed by atoms with Crippen LogP contribution in [0.1, 0.15) is 11.1 Å². The van der Waals surface area contributed by atoms with E-state index in [1.165, 1.54) is 23.3 Å². The average Bonchev–Trinajstić information content (AvgIpc) is 3.30. The molecule has 2 aromatic heterocycles. The fourth-order valence-corrected chi connectivity index (χ4v) is 4.77. The van der Waals surface area contributed by atoms with Gasteiger partial charge in [0.05, 0.1) is 10.6 Å². The van der Waals surface area contributed by atoms with Crippen molar-refractivity contribution in [1.29, 1.82) is 0 Å². The molecule has 162 valence electrons. The van der Waals surface area contributed by atoms with Crippen molar-refractivity contribution in [1.82, 2.24) is 9.97 Å². The first-order valence-corrected chi connectivity index (χ1v) is 11.6. The largest absolute Gasteiger partial charge is 0.366 e. The van der Waals surface area contributed by atoms with Gasteiger partial charge in [-0.2, -0.15) is 0 Å². The number of nitrogens with one attached hydrogen (secondary N) is 1. The third kappa shape index (κ3) is 4.83. The van der Waals surface area contributed by atoms with E-state index in [-0.39, 0.29) is 5.82 Å². The molecule has 0 fully saturated rings. The normalized spacial score (nSPS) is 10.8. The van der Waals surface area contributed by atoms with Crippen LogP contribution < -0.4 is 5.32 Å². The van der Waals surface area contributed by atoms with Crippen molar-refractivity contribution in [3.8, 4) is 32.3 Å². The van der Waals surface area contributed by atoms with Crippen molar-refractivity contribution in [3.05, 3.63) is 114 Å². The lowest BCUT2D eigenvalue weighted by Gasteiger charge is -2.08. The van der Waals surface area contributed by atoms with Crippen molar-refractivity contribution < 1.29 is 4.39 Å². The van der Waals surface area contributed by atoms with Crippen LogP contribution >= 0.6 is 11.3 Å². The van der Waals surface area contributed by atoms with Crippen molar-refractivity contribution >= 4 is 17.2 Å². The molecule has 5 heteroatoms. The minimum absolute atomic E-state index is 0.252. The lowest BCUT2D eigenvalue weighted by molar-refractivity contribution is 0.628. The molecule has 0 amide bonds. The van der Waals surface area contributed by atoms with Gasteiger partial charge in [-0.25, -0.2) is 14.4 Å². The fraction of sp³-hybridized carbons (Fsp3) is 0.0714. The Hall–Kier alpha value is -3.83. The van der Waals surface area contributed by atoms with Crippen LogP contribution in [-0.2, 0) is 6.54 Å². The average molecular weight is 452 g/mol. The molecule has 3 nitrogen and oxygen atoms in total. The predicted molar refractivity (Wildman–Crippen MR) is 135 cm³/mol. The molecule has 0 aliphatic rings. The van der Waals surface area contributed by atoms with E-state index in [4.69, 9.17) is 4.98 Å². The van der Waals surface area contributed by atoms with Gasteiger partial charge in [0, 0.05) is 23.9 Å². The number of nitrogens with zero attached hydrogens (tertiary/aromatic N) is 2. The highest BCUT2D eigenvalue weighted by atomic mass is 32.1. The highest BCUT2D eigenvalue weighted by molar-refractivity contribution is 7.19. The molecule has 5 aromatic rings. The summed E-state index contributed by atoms with van der Waals surface area (Å²) in [6.07, 6.45) is 1.82. The second-order valence-corrected chi connectivity index (χ2v) is 8.84. The van der Waals surface area contributed by atoms with Crippen LogP contribution in [0.4, 0.5) is 10.2 Å². The van der Waals surface area contributed by atoms with Crippen LogP contribution in [0.5, 0.6) is 0 Å². The second-order valence-electron chi connectivity index (χ2n) is 7.84. The molecule has 0 saturated heterocycles. The number of aromatic nitrogens is 2. The van der Waals surface area contributed by atoms with Gasteiger partial charge in [-0.3, -0.25) is 0 Å². The first-order chi connectivity index (χ1) is 16.2. The van der Waals surface area contributed by atoms with E-state index in [1.807, 2.05) is 36.5 Å². The first-order valence-electron chi connectivity index (χ1n) is 10.7. The Kier molecular flexibility index (Phi) is 5.96. The van der Waals surface area contributed by atoms with Crippen molar-refractivity contribution in [2.45, 2.75) is 13.5 Å². The Bertz CT molecular complexity index is 1380. The molecule has 0 aliphatic carbocycles. The quantitative estimate of drug-likeness (QED) is 0.289. The third-order valence-corrected chi connectivity index (χ3v) is 6.50. The molecule has 0 saturated carbocycles. The van der Waals surface area contributed by atoms with Gasteiger partial charge in [0.25, 0.3) is 0 Å². The summed E-state index contributed by atoms with van der Waals surface area (Å²) in [4.78, 5) is 10.5. The number of benzene rings is 3. The summed E-state index contributed by atoms with van der Waals surface area (Å²) < 4.78 is 13.5. The Morgan fingerprint density at radius 1 is 0.818 bits per heavy atom. The molecule has 0 spiro atoms.